The van der Waals surface area contributed by atoms with Gasteiger partial charge in [-0.3, -0.25) is 0 Å². The zero-order valence-corrected chi connectivity index (χ0v) is 19.1. The zero-order chi connectivity index (χ0) is 22.4. The molecular weight excluding hydrogens is 459 g/mol. The molecule has 6 nitrogen and oxygen atoms in total. The number of sulfonamides is 1. The Balaban J connectivity index is 1.74. The Kier molecular flexibility index (Phi) is 7.43. The predicted octanol–water partition coefficient (Wildman–Crippen LogP) is 5.20. The van der Waals surface area contributed by atoms with Crippen molar-refractivity contribution in [2.75, 3.05) is 7.11 Å². The van der Waals surface area contributed by atoms with Gasteiger partial charge in [-0.1, -0.05) is 47.0 Å². The molecule has 0 aliphatic heterocycles. The molecule has 0 bridgehead atoms. The van der Waals surface area contributed by atoms with Gasteiger partial charge in [-0.05, 0) is 55.0 Å². The fourth-order valence-corrected chi connectivity index (χ4v) is 3.94. The molecule has 3 rings (SSSR count). The standard InChI is InChI=1S/C22H20Cl2N2O4S/c1-15-6-9-17(10-7-15)31(27,28)26-25-13-16-8-11-21(29-2)22(12-16)30-14-18-19(23)4-3-5-20(18)24/h3-13,26H,14H2,1-2H3/b25-13-. The van der Waals surface area contributed by atoms with Crippen LogP contribution in [0.1, 0.15) is 16.7 Å². The third kappa shape index (κ3) is 5.91. The highest BCUT2D eigenvalue weighted by molar-refractivity contribution is 7.89. The van der Waals surface area contributed by atoms with Gasteiger partial charge in [0.25, 0.3) is 10.0 Å². The van der Waals surface area contributed by atoms with Gasteiger partial charge in [0, 0.05) is 15.6 Å². The second kappa shape index (κ2) is 10.0. The number of aryl methyl sites for hydroxylation is 1. The molecule has 0 radical (unpaired) electrons. The molecule has 162 valence electrons. The van der Waals surface area contributed by atoms with Crippen LogP contribution in [0.3, 0.4) is 0 Å². The van der Waals surface area contributed by atoms with Crippen molar-refractivity contribution >= 4 is 39.4 Å². The summed E-state index contributed by atoms with van der Waals surface area (Å²) in [6.07, 6.45) is 1.38. The van der Waals surface area contributed by atoms with Gasteiger partial charge in [0.2, 0.25) is 0 Å². The maximum Gasteiger partial charge on any atom is 0.276 e. The number of methoxy groups -OCH3 is 1. The van der Waals surface area contributed by atoms with Crippen LogP contribution in [0, 0.1) is 6.92 Å². The van der Waals surface area contributed by atoms with Crippen LogP contribution in [-0.2, 0) is 16.6 Å². The molecule has 1 N–H and O–H groups in total. The van der Waals surface area contributed by atoms with E-state index < -0.39 is 10.0 Å². The van der Waals surface area contributed by atoms with Gasteiger partial charge in [-0.25, -0.2) is 4.83 Å². The number of nitrogens with zero attached hydrogens (tertiary/aromatic N) is 1. The monoisotopic (exact) mass is 478 g/mol. The van der Waals surface area contributed by atoms with Crippen molar-refractivity contribution in [3.63, 3.8) is 0 Å². The molecule has 0 atom stereocenters. The molecule has 31 heavy (non-hydrogen) atoms. The van der Waals surface area contributed by atoms with Crippen LogP contribution in [0.5, 0.6) is 11.5 Å². The first kappa shape index (κ1) is 22.9. The summed E-state index contributed by atoms with van der Waals surface area (Å²) in [7, 11) is -2.24. The first-order valence-electron chi connectivity index (χ1n) is 9.15. The van der Waals surface area contributed by atoms with E-state index in [1.165, 1.54) is 25.5 Å². The summed E-state index contributed by atoms with van der Waals surface area (Å²) in [4.78, 5) is 2.33. The van der Waals surface area contributed by atoms with E-state index >= 15 is 0 Å². The lowest BCUT2D eigenvalue weighted by atomic mass is 10.2. The summed E-state index contributed by atoms with van der Waals surface area (Å²) in [6, 6.07) is 16.8. The first-order chi connectivity index (χ1) is 14.8. The van der Waals surface area contributed by atoms with Crippen molar-refractivity contribution in [2.24, 2.45) is 5.10 Å². The molecule has 9 heteroatoms. The lowest BCUT2D eigenvalue weighted by Crippen LogP contribution is -2.18. The minimum absolute atomic E-state index is 0.130. The van der Waals surface area contributed by atoms with Crippen LogP contribution >= 0.6 is 23.2 Å². The van der Waals surface area contributed by atoms with Crippen molar-refractivity contribution in [1.82, 2.24) is 4.83 Å². The Morgan fingerprint density at radius 2 is 1.68 bits per heavy atom. The van der Waals surface area contributed by atoms with E-state index in [1.54, 1.807) is 48.5 Å². The third-order valence-electron chi connectivity index (χ3n) is 4.34. The predicted molar refractivity (Wildman–Crippen MR) is 123 cm³/mol. The van der Waals surface area contributed by atoms with Crippen LogP contribution in [0.25, 0.3) is 0 Å². The number of hydrazone groups is 1. The molecule has 0 aromatic heterocycles. The Morgan fingerprint density at radius 3 is 2.32 bits per heavy atom. The smallest absolute Gasteiger partial charge is 0.276 e. The van der Waals surface area contributed by atoms with Crippen LogP contribution in [0.15, 0.2) is 70.7 Å². The van der Waals surface area contributed by atoms with E-state index in [4.69, 9.17) is 32.7 Å². The number of halogens is 2. The van der Waals surface area contributed by atoms with Gasteiger partial charge in [0.15, 0.2) is 11.5 Å². The highest BCUT2D eigenvalue weighted by atomic mass is 35.5. The first-order valence-corrected chi connectivity index (χ1v) is 11.4. The summed E-state index contributed by atoms with van der Waals surface area (Å²) in [5.41, 5.74) is 2.22. The van der Waals surface area contributed by atoms with E-state index in [0.717, 1.165) is 5.56 Å². The Labute approximate surface area is 191 Å². The van der Waals surface area contributed by atoms with Gasteiger partial charge < -0.3 is 9.47 Å². The van der Waals surface area contributed by atoms with Gasteiger partial charge in [-0.15, -0.1) is 0 Å². The zero-order valence-electron chi connectivity index (χ0n) is 16.8. The molecule has 0 saturated heterocycles. The largest absolute Gasteiger partial charge is 0.493 e. The molecule has 0 aliphatic carbocycles. The molecular formula is C22H20Cl2N2O4S. The number of nitrogens with one attached hydrogen (secondary N) is 1. The minimum Gasteiger partial charge on any atom is -0.493 e. The summed E-state index contributed by atoms with van der Waals surface area (Å²) >= 11 is 12.4. The molecule has 0 heterocycles. The second-order valence-corrected chi connectivity index (χ2v) is 9.04. The van der Waals surface area contributed by atoms with E-state index in [1.807, 2.05) is 6.92 Å². The van der Waals surface area contributed by atoms with Crippen molar-refractivity contribution < 1.29 is 17.9 Å². The van der Waals surface area contributed by atoms with Gasteiger partial charge in [0.1, 0.15) is 6.61 Å². The normalized spacial score (nSPS) is 11.5. The highest BCUT2D eigenvalue weighted by Crippen LogP contribution is 2.31. The lowest BCUT2D eigenvalue weighted by Gasteiger charge is -2.13. The molecule has 0 fully saturated rings. The molecule has 0 amide bonds. The minimum atomic E-state index is -3.76. The Bertz CT molecular complexity index is 1180. The van der Waals surface area contributed by atoms with Crippen LogP contribution in [0.2, 0.25) is 10.0 Å². The highest BCUT2D eigenvalue weighted by Gasteiger charge is 2.12. The molecule has 0 spiro atoms. The van der Waals surface area contributed by atoms with E-state index in [2.05, 4.69) is 9.93 Å². The van der Waals surface area contributed by atoms with Crippen LogP contribution < -0.4 is 14.3 Å². The number of rotatable bonds is 8. The fraction of sp³-hybridized carbons (Fsp3) is 0.136. The Hall–Kier alpha value is -2.74. The summed E-state index contributed by atoms with van der Waals surface area (Å²) in [5.74, 6) is 0.935. The lowest BCUT2D eigenvalue weighted by molar-refractivity contribution is 0.284. The number of benzene rings is 3. The van der Waals surface area contributed by atoms with Crippen molar-refractivity contribution in [1.29, 1.82) is 0 Å². The molecule has 0 saturated carbocycles. The molecule has 0 unspecified atom stereocenters. The summed E-state index contributed by atoms with van der Waals surface area (Å²) < 4.78 is 35.8. The van der Waals surface area contributed by atoms with E-state index in [0.29, 0.717) is 32.7 Å². The van der Waals surface area contributed by atoms with Gasteiger partial charge >= 0.3 is 0 Å². The van der Waals surface area contributed by atoms with Gasteiger partial charge in [-0.2, -0.15) is 13.5 Å². The third-order valence-corrected chi connectivity index (χ3v) is 6.29. The van der Waals surface area contributed by atoms with Crippen molar-refractivity contribution in [2.45, 2.75) is 18.4 Å². The van der Waals surface area contributed by atoms with Gasteiger partial charge in [0.05, 0.1) is 18.2 Å². The molecule has 3 aromatic rings. The average Bonchev–Trinajstić information content (AvgIpc) is 2.74. The second-order valence-electron chi connectivity index (χ2n) is 6.57. The summed E-state index contributed by atoms with van der Waals surface area (Å²) in [5, 5.41) is 4.84. The maximum absolute atomic E-state index is 12.3. The molecule has 3 aromatic carbocycles. The topological polar surface area (TPSA) is 77.0 Å². The van der Waals surface area contributed by atoms with Crippen LogP contribution in [-0.4, -0.2) is 21.7 Å². The molecule has 0 aliphatic rings. The number of hydrogen-bond acceptors (Lipinski definition) is 5. The van der Waals surface area contributed by atoms with E-state index in [9.17, 15) is 8.42 Å². The maximum atomic E-state index is 12.3. The number of hydrogen-bond donors (Lipinski definition) is 1. The Morgan fingerprint density at radius 1 is 1.00 bits per heavy atom. The van der Waals surface area contributed by atoms with Crippen molar-refractivity contribution in [3.05, 3.63) is 87.4 Å². The fourth-order valence-electron chi connectivity index (χ4n) is 2.65. The SMILES string of the molecule is COc1ccc(/C=N\NS(=O)(=O)c2ccc(C)cc2)cc1OCc1c(Cl)cccc1Cl. The van der Waals surface area contributed by atoms with E-state index in [-0.39, 0.29) is 11.5 Å². The van der Waals surface area contributed by atoms with Crippen molar-refractivity contribution in [3.8, 4) is 11.5 Å². The quantitative estimate of drug-likeness (QED) is 0.356. The van der Waals surface area contributed by atoms with Crippen LogP contribution in [0.4, 0.5) is 0 Å². The number of ether oxygens (including phenoxy) is 2. The average molecular weight is 479 g/mol. The summed E-state index contributed by atoms with van der Waals surface area (Å²) in [6.45, 7) is 2.01.